The zero-order chi connectivity index (χ0) is 12.2. The maximum atomic E-state index is 12.1. The minimum atomic E-state index is -0.769. The lowest BCUT2D eigenvalue weighted by Crippen LogP contribution is -2.45. The number of nitrogens with one attached hydrogen (secondary N) is 1. The van der Waals surface area contributed by atoms with Gasteiger partial charge in [-0.25, -0.2) is 0 Å². The molecule has 4 heteroatoms. The van der Waals surface area contributed by atoms with Gasteiger partial charge < -0.3 is 10.2 Å². The Balaban J connectivity index is 2.66. The van der Waals surface area contributed by atoms with Crippen LogP contribution in [0.2, 0.25) is 0 Å². The highest BCUT2D eigenvalue weighted by Crippen LogP contribution is 2.47. The Morgan fingerprint density at radius 3 is 2.31 bits per heavy atom. The van der Waals surface area contributed by atoms with E-state index in [0.29, 0.717) is 32.5 Å². The molecule has 2 amide bonds. The molecule has 0 aliphatic heterocycles. The number of nitrogens with zero attached hydrogens (tertiary/aromatic N) is 1. The Labute approximate surface area is 96.7 Å². The zero-order valence-electron chi connectivity index (χ0n) is 10.1. The van der Waals surface area contributed by atoms with Crippen LogP contribution in [0.5, 0.6) is 0 Å². The minimum absolute atomic E-state index is 0.0286. The first-order valence-corrected chi connectivity index (χ1v) is 5.81. The molecule has 1 aliphatic rings. The van der Waals surface area contributed by atoms with Crippen molar-refractivity contribution in [1.82, 2.24) is 10.2 Å². The molecule has 0 aromatic carbocycles. The zero-order valence-corrected chi connectivity index (χ0v) is 10.1. The Bertz CT molecular complexity index is 291. The Kier molecular flexibility index (Phi) is 4.10. The minimum Gasteiger partial charge on any atom is -0.352 e. The molecule has 0 unspecified atom stereocenters. The number of carbonyl (C=O) groups is 2. The third-order valence-corrected chi connectivity index (χ3v) is 3.05. The summed E-state index contributed by atoms with van der Waals surface area (Å²) in [5.74, 6) is -0.177. The number of carbonyl (C=O) groups excluding carboxylic acids is 2. The van der Waals surface area contributed by atoms with Crippen molar-refractivity contribution in [2.75, 3.05) is 19.6 Å². The van der Waals surface area contributed by atoms with Crippen molar-refractivity contribution >= 4 is 11.8 Å². The van der Waals surface area contributed by atoms with E-state index in [1.807, 2.05) is 13.8 Å². The van der Waals surface area contributed by atoms with E-state index in [4.69, 9.17) is 0 Å². The molecule has 0 spiro atoms. The molecule has 0 heterocycles. The number of hydrogen-bond acceptors (Lipinski definition) is 2. The first kappa shape index (κ1) is 12.7. The highest BCUT2D eigenvalue weighted by atomic mass is 16.2. The predicted molar refractivity (Wildman–Crippen MR) is 62.8 cm³/mol. The van der Waals surface area contributed by atoms with Gasteiger partial charge in [0.2, 0.25) is 11.8 Å². The van der Waals surface area contributed by atoms with Crippen LogP contribution in [-0.2, 0) is 9.59 Å². The van der Waals surface area contributed by atoms with Crippen molar-refractivity contribution in [3.8, 4) is 0 Å². The topological polar surface area (TPSA) is 49.4 Å². The molecule has 0 aromatic heterocycles. The number of amides is 2. The molecule has 0 bridgehead atoms. The number of hydrogen-bond donors (Lipinski definition) is 1. The maximum Gasteiger partial charge on any atom is 0.238 e. The van der Waals surface area contributed by atoms with Gasteiger partial charge in [0.25, 0.3) is 0 Å². The molecule has 0 atom stereocenters. The fourth-order valence-corrected chi connectivity index (χ4v) is 1.81. The van der Waals surface area contributed by atoms with Crippen LogP contribution in [-0.4, -0.2) is 36.3 Å². The van der Waals surface area contributed by atoms with Crippen LogP contribution in [0.25, 0.3) is 0 Å². The van der Waals surface area contributed by atoms with Crippen LogP contribution < -0.4 is 5.32 Å². The molecule has 1 aliphatic carbocycles. The van der Waals surface area contributed by atoms with Crippen LogP contribution in [0.3, 0.4) is 0 Å². The SMILES string of the molecule is C=CCNC(=O)C1(C(=O)N(CC)CC)CC1. The van der Waals surface area contributed by atoms with Gasteiger partial charge in [0.15, 0.2) is 0 Å². The molecule has 0 saturated heterocycles. The summed E-state index contributed by atoms with van der Waals surface area (Å²) in [6.45, 7) is 9.14. The lowest BCUT2D eigenvalue weighted by molar-refractivity contribution is -0.143. The van der Waals surface area contributed by atoms with Crippen LogP contribution in [0.15, 0.2) is 12.7 Å². The number of rotatable bonds is 6. The van der Waals surface area contributed by atoms with E-state index in [9.17, 15) is 9.59 Å². The van der Waals surface area contributed by atoms with E-state index in [0.717, 1.165) is 0 Å². The molecule has 1 N–H and O–H groups in total. The first-order valence-electron chi connectivity index (χ1n) is 5.81. The highest BCUT2D eigenvalue weighted by molar-refractivity contribution is 6.07. The van der Waals surface area contributed by atoms with Crippen molar-refractivity contribution in [2.45, 2.75) is 26.7 Å². The molecule has 1 fully saturated rings. The second-order valence-electron chi connectivity index (χ2n) is 4.06. The van der Waals surface area contributed by atoms with Crippen LogP contribution in [0, 0.1) is 5.41 Å². The van der Waals surface area contributed by atoms with Crippen LogP contribution in [0.4, 0.5) is 0 Å². The first-order chi connectivity index (χ1) is 7.62. The molecule has 1 saturated carbocycles. The molecule has 0 radical (unpaired) electrons. The van der Waals surface area contributed by atoms with Gasteiger partial charge in [-0.2, -0.15) is 0 Å². The summed E-state index contributed by atoms with van der Waals surface area (Å²) in [4.78, 5) is 25.7. The molecular formula is C12H20N2O2. The van der Waals surface area contributed by atoms with E-state index in [1.54, 1.807) is 11.0 Å². The summed E-state index contributed by atoms with van der Waals surface area (Å²) in [6, 6.07) is 0. The fourth-order valence-electron chi connectivity index (χ4n) is 1.81. The Morgan fingerprint density at radius 1 is 1.38 bits per heavy atom. The van der Waals surface area contributed by atoms with Gasteiger partial charge in [-0.1, -0.05) is 6.08 Å². The molecular weight excluding hydrogens is 204 g/mol. The molecule has 4 nitrogen and oxygen atoms in total. The summed E-state index contributed by atoms with van der Waals surface area (Å²) in [5, 5.41) is 2.71. The second-order valence-corrected chi connectivity index (χ2v) is 4.06. The standard InChI is InChI=1S/C12H20N2O2/c1-4-9-13-10(15)12(7-8-12)11(16)14(5-2)6-3/h4H,1,5-9H2,2-3H3,(H,13,15). The van der Waals surface area contributed by atoms with Gasteiger partial charge in [-0.3, -0.25) is 9.59 Å². The van der Waals surface area contributed by atoms with Crippen molar-refractivity contribution in [1.29, 1.82) is 0 Å². The largest absolute Gasteiger partial charge is 0.352 e. The van der Waals surface area contributed by atoms with Crippen LogP contribution >= 0.6 is 0 Å². The van der Waals surface area contributed by atoms with Gasteiger partial charge in [0, 0.05) is 19.6 Å². The summed E-state index contributed by atoms with van der Waals surface area (Å²) in [7, 11) is 0. The van der Waals surface area contributed by atoms with E-state index >= 15 is 0 Å². The molecule has 1 rings (SSSR count). The highest BCUT2D eigenvalue weighted by Gasteiger charge is 2.57. The molecule has 0 aromatic rings. The smallest absolute Gasteiger partial charge is 0.238 e. The van der Waals surface area contributed by atoms with Gasteiger partial charge in [0.1, 0.15) is 5.41 Å². The quantitative estimate of drug-likeness (QED) is 0.539. The average Bonchev–Trinajstić information content (AvgIpc) is 3.08. The van der Waals surface area contributed by atoms with Gasteiger partial charge in [0.05, 0.1) is 0 Å². The predicted octanol–water partition coefficient (Wildman–Crippen LogP) is 0.937. The molecule has 90 valence electrons. The summed E-state index contributed by atoms with van der Waals surface area (Å²) < 4.78 is 0. The van der Waals surface area contributed by atoms with E-state index in [2.05, 4.69) is 11.9 Å². The van der Waals surface area contributed by atoms with Crippen LogP contribution in [0.1, 0.15) is 26.7 Å². The van der Waals surface area contributed by atoms with Gasteiger partial charge in [-0.05, 0) is 26.7 Å². The van der Waals surface area contributed by atoms with Crippen molar-refractivity contribution < 1.29 is 9.59 Å². The third kappa shape index (κ3) is 2.26. The second kappa shape index (κ2) is 5.14. The lowest BCUT2D eigenvalue weighted by atomic mass is 10.0. The summed E-state index contributed by atoms with van der Waals surface area (Å²) >= 11 is 0. The fraction of sp³-hybridized carbons (Fsp3) is 0.667. The normalized spacial score (nSPS) is 16.4. The van der Waals surface area contributed by atoms with E-state index < -0.39 is 5.41 Å². The van der Waals surface area contributed by atoms with Crippen molar-refractivity contribution in [2.24, 2.45) is 5.41 Å². The van der Waals surface area contributed by atoms with E-state index in [1.165, 1.54) is 0 Å². The average molecular weight is 224 g/mol. The van der Waals surface area contributed by atoms with Gasteiger partial charge in [-0.15, -0.1) is 6.58 Å². The Hall–Kier alpha value is -1.32. The Morgan fingerprint density at radius 2 is 1.94 bits per heavy atom. The maximum absolute atomic E-state index is 12.1. The monoisotopic (exact) mass is 224 g/mol. The summed E-state index contributed by atoms with van der Waals surface area (Å²) in [5.41, 5.74) is -0.769. The van der Waals surface area contributed by atoms with E-state index in [-0.39, 0.29) is 11.8 Å². The molecule has 16 heavy (non-hydrogen) atoms. The lowest BCUT2D eigenvalue weighted by Gasteiger charge is -2.24. The third-order valence-electron chi connectivity index (χ3n) is 3.05. The van der Waals surface area contributed by atoms with Crippen molar-refractivity contribution in [3.63, 3.8) is 0 Å². The van der Waals surface area contributed by atoms with Crippen molar-refractivity contribution in [3.05, 3.63) is 12.7 Å². The van der Waals surface area contributed by atoms with Gasteiger partial charge >= 0.3 is 0 Å². The summed E-state index contributed by atoms with van der Waals surface area (Å²) in [6.07, 6.45) is 2.96.